The van der Waals surface area contributed by atoms with Gasteiger partial charge in [0.25, 0.3) is 0 Å². The van der Waals surface area contributed by atoms with Crippen molar-refractivity contribution in [1.82, 2.24) is 25.1 Å². The van der Waals surface area contributed by atoms with Crippen LogP contribution in [0.5, 0.6) is 0 Å². The van der Waals surface area contributed by atoms with Crippen LogP contribution in [0.1, 0.15) is 22.5 Å². The van der Waals surface area contributed by atoms with Crippen LogP contribution in [0.25, 0.3) is 11.0 Å². The van der Waals surface area contributed by atoms with Gasteiger partial charge in [0.2, 0.25) is 0 Å². The van der Waals surface area contributed by atoms with Gasteiger partial charge >= 0.3 is 0 Å². The van der Waals surface area contributed by atoms with Crippen molar-refractivity contribution in [2.45, 2.75) is 26.9 Å². The number of H-pyrrole nitrogens is 1. The van der Waals surface area contributed by atoms with Gasteiger partial charge in [0, 0.05) is 49.2 Å². The molecule has 5 heteroatoms. The second-order valence-corrected chi connectivity index (χ2v) is 5.09. The standard InChI is InChI=1S/C15H19N5/c1-10-14(11(2)20(3)19-10)9-16-7-12-8-18-15-13(12)5-4-6-17-15/h4-6,8,16H,7,9H2,1-3H3,(H,17,18). The van der Waals surface area contributed by atoms with Crippen molar-refractivity contribution >= 4 is 11.0 Å². The van der Waals surface area contributed by atoms with Crippen LogP contribution in [-0.4, -0.2) is 19.7 Å². The van der Waals surface area contributed by atoms with Crippen LogP contribution in [0, 0.1) is 13.8 Å². The topological polar surface area (TPSA) is 58.5 Å². The number of pyridine rings is 1. The maximum absolute atomic E-state index is 4.44. The molecular weight excluding hydrogens is 250 g/mol. The molecule has 0 aliphatic heterocycles. The summed E-state index contributed by atoms with van der Waals surface area (Å²) in [4.78, 5) is 7.50. The zero-order chi connectivity index (χ0) is 14.1. The Labute approximate surface area is 118 Å². The zero-order valence-corrected chi connectivity index (χ0v) is 12.1. The molecule has 3 aromatic heterocycles. The average molecular weight is 269 g/mol. The van der Waals surface area contributed by atoms with E-state index < -0.39 is 0 Å². The molecule has 0 bridgehead atoms. The highest BCUT2D eigenvalue weighted by molar-refractivity contribution is 5.79. The summed E-state index contributed by atoms with van der Waals surface area (Å²) in [7, 11) is 1.98. The monoisotopic (exact) mass is 269 g/mol. The van der Waals surface area contributed by atoms with E-state index in [0.717, 1.165) is 24.4 Å². The van der Waals surface area contributed by atoms with Gasteiger partial charge in [-0.15, -0.1) is 0 Å². The number of nitrogens with zero attached hydrogens (tertiary/aromatic N) is 3. The van der Waals surface area contributed by atoms with E-state index in [1.54, 1.807) is 6.20 Å². The van der Waals surface area contributed by atoms with E-state index in [-0.39, 0.29) is 0 Å². The molecule has 20 heavy (non-hydrogen) atoms. The minimum atomic E-state index is 0.819. The fourth-order valence-corrected chi connectivity index (χ4v) is 2.55. The molecule has 0 saturated carbocycles. The van der Waals surface area contributed by atoms with Crippen LogP contribution < -0.4 is 5.32 Å². The summed E-state index contributed by atoms with van der Waals surface area (Å²) in [6, 6.07) is 4.06. The first-order valence-corrected chi connectivity index (χ1v) is 6.77. The molecule has 0 fully saturated rings. The first kappa shape index (κ1) is 12.9. The third kappa shape index (κ3) is 2.20. The van der Waals surface area contributed by atoms with Gasteiger partial charge in [-0.3, -0.25) is 4.68 Å². The quantitative estimate of drug-likeness (QED) is 0.763. The molecule has 0 atom stereocenters. The van der Waals surface area contributed by atoms with E-state index in [2.05, 4.69) is 40.3 Å². The first-order valence-electron chi connectivity index (χ1n) is 6.77. The maximum Gasteiger partial charge on any atom is 0.137 e. The lowest BCUT2D eigenvalue weighted by Crippen LogP contribution is -2.13. The number of nitrogens with one attached hydrogen (secondary N) is 2. The molecule has 0 spiro atoms. The Bertz CT molecular complexity index is 738. The lowest BCUT2D eigenvalue weighted by molar-refractivity contribution is 0.686. The normalized spacial score (nSPS) is 11.3. The summed E-state index contributed by atoms with van der Waals surface area (Å²) >= 11 is 0. The van der Waals surface area contributed by atoms with Crippen LogP contribution in [0.2, 0.25) is 0 Å². The molecular formula is C15H19N5. The molecule has 0 aliphatic carbocycles. The van der Waals surface area contributed by atoms with Gasteiger partial charge in [-0.25, -0.2) is 4.98 Å². The van der Waals surface area contributed by atoms with E-state index in [0.29, 0.717) is 0 Å². The van der Waals surface area contributed by atoms with E-state index in [1.807, 2.05) is 24.0 Å². The lowest BCUT2D eigenvalue weighted by Gasteiger charge is -2.05. The second kappa shape index (κ2) is 5.09. The molecule has 0 amide bonds. The van der Waals surface area contributed by atoms with Gasteiger partial charge in [0.15, 0.2) is 0 Å². The van der Waals surface area contributed by atoms with Crippen molar-refractivity contribution in [1.29, 1.82) is 0 Å². The second-order valence-electron chi connectivity index (χ2n) is 5.09. The van der Waals surface area contributed by atoms with Gasteiger partial charge in [-0.1, -0.05) is 0 Å². The number of rotatable bonds is 4. The number of hydrogen-bond acceptors (Lipinski definition) is 3. The number of aryl methyl sites for hydroxylation is 2. The lowest BCUT2D eigenvalue weighted by atomic mass is 10.2. The smallest absolute Gasteiger partial charge is 0.137 e. The highest BCUT2D eigenvalue weighted by atomic mass is 15.3. The Hall–Kier alpha value is -2.14. The molecule has 3 aromatic rings. The van der Waals surface area contributed by atoms with Crippen molar-refractivity contribution in [2.75, 3.05) is 0 Å². The van der Waals surface area contributed by atoms with Crippen LogP contribution in [0.15, 0.2) is 24.5 Å². The fourth-order valence-electron chi connectivity index (χ4n) is 2.55. The number of hydrogen-bond donors (Lipinski definition) is 2. The highest BCUT2D eigenvalue weighted by Gasteiger charge is 2.09. The Kier molecular flexibility index (Phi) is 3.28. The summed E-state index contributed by atoms with van der Waals surface area (Å²) in [5.41, 5.74) is 5.78. The molecule has 104 valence electrons. The molecule has 2 N–H and O–H groups in total. The Morgan fingerprint density at radius 1 is 1.30 bits per heavy atom. The van der Waals surface area contributed by atoms with E-state index in [1.165, 1.54) is 22.2 Å². The predicted octanol–water partition coefficient (Wildman–Crippen LogP) is 2.20. The number of fused-ring (bicyclic) bond motifs is 1. The summed E-state index contributed by atoms with van der Waals surface area (Å²) in [6.45, 7) is 5.81. The van der Waals surface area contributed by atoms with Crippen molar-refractivity contribution in [3.63, 3.8) is 0 Å². The van der Waals surface area contributed by atoms with E-state index >= 15 is 0 Å². The Balaban J connectivity index is 1.71. The molecule has 0 radical (unpaired) electrons. The fraction of sp³-hybridized carbons (Fsp3) is 0.333. The zero-order valence-electron chi connectivity index (χ0n) is 12.1. The van der Waals surface area contributed by atoms with E-state index in [9.17, 15) is 0 Å². The molecule has 3 heterocycles. The molecule has 0 aliphatic rings. The Morgan fingerprint density at radius 2 is 2.15 bits per heavy atom. The summed E-state index contributed by atoms with van der Waals surface area (Å²) in [6.07, 6.45) is 3.83. The SMILES string of the molecule is Cc1nn(C)c(C)c1CNCc1c[nH]c2ncccc12. The van der Waals surface area contributed by atoms with Crippen LogP contribution in [0.3, 0.4) is 0 Å². The molecule has 0 aromatic carbocycles. The van der Waals surface area contributed by atoms with Gasteiger partial charge in [-0.05, 0) is 31.5 Å². The first-order chi connectivity index (χ1) is 9.66. The molecule has 0 saturated heterocycles. The third-order valence-electron chi connectivity index (χ3n) is 3.81. The number of aromatic nitrogens is 4. The molecule has 0 unspecified atom stereocenters. The predicted molar refractivity (Wildman–Crippen MR) is 79.3 cm³/mol. The summed E-state index contributed by atoms with van der Waals surface area (Å²) in [5.74, 6) is 0. The van der Waals surface area contributed by atoms with Crippen molar-refractivity contribution in [2.24, 2.45) is 7.05 Å². The van der Waals surface area contributed by atoms with Gasteiger partial charge < -0.3 is 10.3 Å². The van der Waals surface area contributed by atoms with Crippen LogP contribution in [-0.2, 0) is 20.1 Å². The minimum Gasteiger partial charge on any atom is -0.346 e. The van der Waals surface area contributed by atoms with E-state index in [4.69, 9.17) is 0 Å². The number of aromatic amines is 1. The van der Waals surface area contributed by atoms with Gasteiger partial charge in [-0.2, -0.15) is 5.10 Å². The molecule has 3 rings (SSSR count). The van der Waals surface area contributed by atoms with Crippen LogP contribution in [0.4, 0.5) is 0 Å². The third-order valence-corrected chi connectivity index (χ3v) is 3.81. The van der Waals surface area contributed by atoms with Crippen molar-refractivity contribution < 1.29 is 0 Å². The average Bonchev–Trinajstić information content (AvgIpc) is 2.95. The van der Waals surface area contributed by atoms with Gasteiger partial charge in [0.05, 0.1) is 5.69 Å². The Morgan fingerprint density at radius 3 is 2.90 bits per heavy atom. The highest BCUT2D eigenvalue weighted by Crippen LogP contribution is 2.16. The van der Waals surface area contributed by atoms with Crippen molar-refractivity contribution in [3.05, 3.63) is 47.0 Å². The maximum atomic E-state index is 4.44. The largest absolute Gasteiger partial charge is 0.346 e. The summed E-state index contributed by atoms with van der Waals surface area (Å²) in [5, 5.41) is 9.11. The minimum absolute atomic E-state index is 0.819. The van der Waals surface area contributed by atoms with Crippen molar-refractivity contribution in [3.8, 4) is 0 Å². The van der Waals surface area contributed by atoms with Gasteiger partial charge in [0.1, 0.15) is 5.65 Å². The molecule has 5 nitrogen and oxygen atoms in total. The van der Waals surface area contributed by atoms with Crippen LogP contribution >= 0.6 is 0 Å². The summed E-state index contributed by atoms with van der Waals surface area (Å²) < 4.78 is 1.93.